The predicted molar refractivity (Wildman–Crippen MR) is 238 cm³/mol. The van der Waals surface area contributed by atoms with Crippen molar-refractivity contribution in [3.63, 3.8) is 0 Å². The van der Waals surface area contributed by atoms with Gasteiger partial charge in [0.05, 0.1) is 24.4 Å². The molecule has 3 fully saturated rings. The molecule has 1 saturated carbocycles. The first-order chi connectivity index (χ1) is 29.9. The SMILES string of the molecule is CCC1/C=C(\C)CC(C)CC(OC)C2OC(O)(C(=O)C(=O)N3CCCCC3C(=O)OC(C(C)=CC3CCC(Oc4ccc(C)cc4)C(OC)C3)C(C)C(O)CC1=O)C(C)CC2OC. The van der Waals surface area contributed by atoms with Crippen molar-refractivity contribution in [2.24, 2.45) is 29.6 Å². The number of carbonyl (C=O) groups excluding carboxylic acids is 4. The lowest BCUT2D eigenvalue weighted by Gasteiger charge is -2.47. The van der Waals surface area contributed by atoms with Gasteiger partial charge in [-0.3, -0.25) is 14.4 Å². The summed E-state index contributed by atoms with van der Waals surface area (Å²) >= 11 is 0. The molecule has 13 nitrogen and oxygen atoms in total. The van der Waals surface area contributed by atoms with Crippen molar-refractivity contribution in [2.75, 3.05) is 27.9 Å². The number of aliphatic hydroxyl groups is 2. The summed E-state index contributed by atoms with van der Waals surface area (Å²) in [5, 5.41) is 23.9. The molecule has 0 aromatic heterocycles. The Labute approximate surface area is 375 Å². The van der Waals surface area contributed by atoms with E-state index >= 15 is 0 Å². The molecule has 5 rings (SSSR count). The van der Waals surface area contributed by atoms with Crippen molar-refractivity contribution in [3.05, 3.63) is 53.1 Å². The van der Waals surface area contributed by atoms with Gasteiger partial charge in [0.2, 0.25) is 5.79 Å². The number of amides is 1. The Morgan fingerprint density at radius 2 is 1.54 bits per heavy atom. The Morgan fingerprint density at radius 3 is 2.19 bits per heavy atom. The molecule has 4 aliphatic rings. The third-order valence-corrected chi connectivity index (χ3v) is 14.2. The van der Waals surface area contributed by atoms with Gasteiger partial charge < -0.3 is 43.5 Å². The van der Waals surface area contributed by atoms with E-state index in [1.807, 2.05) is 58.0 Å². The number of hydrogen-bond donors (Lipinski definition) is 2. The van der Waals surface area contributed by atoms with Crippen molar-refractivity contribution >= 4 is 23.4 Å². The number of aryl methyl sites for hydroxylation is 1. The zero-order valence-electron chi connectivity index (χ0n) is 39.4. The van der Waals surface area contributed by atoms with Gasteiger partial charge in [0.25, 0.3) is 11.7 Å². The van der Waals surface area contributed by atoms with Gasteiger partial charge in [-0.15, -0.1) is 0 Å². The molecule has 352 valence electrons. The molecule has 14 atom stereocenters. The topological polar surface area (TPSA) is 167 Å². The number of benzene rings is 1. The highest BCUT2D eigenvalue weighted by Gasteiger charge is 2.56. The number of piperidine rings is 1. The molecule has 3 heterocycles. The van der Waals surface area contributed by atoms with Crippen molar-refractivity contribution in [3.8, 4) is 5.75 Å². The number of ether oxygens (including phenoxy) is 6. The van der Waals surface area contributed by atoms with Gasteiger partial charge in [-0.2, -0.15) is 0 Å². The highest BCUT2D eigenvalue weighted by molar-refractivity contribution is 6.39. The second-order valence-electron chi connectivity index (χ2n) is 19.1. The van der Waals surface area contributed by atoms with Crippen LogP contribution in [0.2, 0.25) is 0 Å². The van der Waals surface area contributed by atoms with Gasteiger partial charge in [-0.05, 0) is 115 Å². The normalized spacial score (nSPS) is 38.2. The van der Waals surface area contributed by atoms with Crippen molar-refractivity contribution in [1.82, 2.24) is 4.90 Å². The average molecular weight is 882 g/mol. The summed E-state index contributed by atoms with van der Waals surface area (Å²) < 4.78 is 36.7. The number of Topliss-reactive ketones (excluding diaryl/α,β-unsaturated/α-hetero) is 2. The minimum Gasteiger partial charge on any atom is -0.488 e. The van der Waals surface area contributed by atoms with Crippen LogP contribution >= 0.6 is 0 Å². The summed E-state index contributed by atoms with van der Waals surface area (Å²) in [6.45, 7) is 13.4. The lowest BCUT2D eigenvalue weighted by molar-refractivity contribution is -0.302. The Bertz CT molecular complexity index is 1780. The average Bonchev–Trinajstić information content (AvgIpc) is 3.27. The molecule has 63 heavy (non-hydrogen) atoms. The summed E-state index contributed by atoms with van der Waals surface area (Å²) in [5.74, 6) is -6.65. The molecular weight excluding hydrogens is 807 g/mol. The lowest BCUT2D eigenvalue weighted by atomic mass is 9.81. The van der Waals surface area contributed by atoms with E-state index < -0.39 is 77.8 Å². The first-order valence-electron chi connectivity index (χ1n) is 23.3. The van der Waals surface area contributed by atoms with Crippen LogP contribution in [0, 0.1) is 36.5 Å². The van der Waals surface area contributed by atoms with E-state index in [-0.39, 0.29) is 55.6 Å². The van der Waals surface area contributed by atoms with E-state index in [2.05, 4.69) is 13.0 Å². The van der Waals surface area contributed by atoms with Crippen LogP contribution in [0.5, 0.6) is 5.75 Å². The van der Waals surface area contributed by atoms with Crippen LogP contribution in [0.1, 0.15) is 118 Å². The number of nitrogens with zero attached hydrogens (tertiary/aromatic N) is 1. The molecule has 2 bridgehead atoms. The number of methoxy groups -OCH3 is 3. The zero-order valence-corrected chi connectivity index (χ0v) is 39.4. The largest absolute Gasteiger partial charge is 0.488 e. The molecule has 14 unspecified atom stereocenters. The monoisotopic (exact) mass is 882 g/mol. The van der Waals surface area contributed by atoms with Crippen LogP contribution in [0.4, 0.5) is 0 Å². The highest BCUT2D eigenvalue weighted by Crippen LogP contribution is 2.39. The summed E-state index contributed by atoms with van der Waals surface area (Å²) in [5.41, 5.74) is 2.84. The van der Waals surface area contributed by atoms with E-state index in [1.165, 1.54) is 19.1 Å². The second-order valence-corrected chi connectivity index (χ2v) is 19.1. The van der Waals surface area contributed by atoms with Crippen molar-refractivity contribution in [2.45, 2.75) is 174 Å². The maximum Gasteiger partial charge on any atom is 0.329 e. The van der Waals surface area contributed by atoms with Gasteiger partial charge >= 0.3 is 5.97 Å². The van der Waals surface area contributed by atoms with E-state index in [0.29, 0.717) is 44.1 Å². The number of hydrogen-bond acceptors (Lipinski definition) is 12. The van der Waals surface area contributed by atoms with Gasteiger partial charge in [0.1, 0.15) is 35.9 Å². The van der Waals surface area contributed by atoms with Crippen LogP contribution in [0.3, 0.4) is 0 Å². The maximum atomic E-state index is 14.5. The van der Waals surface area contributed by atoms with E-state index in [1.54, 1.807) is 21.0 Å². The molecule has 1 aromatic rings. The summed E-state index contributed by atoms with van der Waals surface area (Å²) in [6.07, 6.45) is 4.79. The fraction of sp³-hybridized carbons (Fsp3) is 0.720. The summed E-state index contributed by atoms with van der Waals surface area (Å²) in [4.78, 5) is 58.3. The minimum atomic E-state index is -2.50. The molecule has 2 saturated heterocycles. The molecular formula is C50H75NO12. The Hall–Kier alpha value is -3.46. The number of fused-ring (bicyclic) bond motifs is 3. The number of aliphatic hydroxyl groups excluding tert-OH is 1. The summed E-state index contributed by atoms with van der Waals surface area (Å²) in [7, 11) is 4.76. The number of cyclic esters (lactones) is 1. The molecule has 1 aromatic carbocycles. The van der Waals surface area contributed by atoms with Crippen molar-refractivity contribution < 1.29 is 57.8 Å². The van der Waals surface area contributed by atoms with Crippen LogP contribution in [-0.2, 0) is 42.9 Å². The van der Waals surface area contributed by atoms with Gasteiger partial charge in [-0.1, -0.05) is 63.1 Å². The van der Waals surface area contributed by atoms with E-state index in [0.717, 1.165) is 29.7 Å². The predicted octanol–water partition coefficient (Wildman–Crippen LogP) is 6.87. The van der Waals surface area contributed by atoms with Crippen LogP contribution in [0.25, 0.3) is 0 Å². The smallest absolute Gasteiger partial charge is 0.329 e. The molecule has 2 N–H and O–H groups in total. The fourth-order valence-electron chi connectivity index (χ4n) is 10.3. The minimum absolute atomic E-state index is 0.0328. The van der Waals surface area contributed by atoms with Crippen LogP contribution in [-0.4, -0.2) is 121 Å². The first kappa shape index (κ1) is 50.5. The van der Waals surface area contributed by atoms with Crippen LogP contribution in [0.15, 0.2) is 47.6 Å². The fourth-order valence-corrected chi connectivity index (χ4v) is 10.3. The number of carbonyl (C=O) groups is 4. The number of allylic oxidation sites excluding steroid dienone is 3. The van der Waals surface area contributed by atoms with Gasteiger partial charge in [0.15, 0.2) is 0 Å². The van der Waals surface area contributed by atoms with Gasteiger partial charge in [0, 0.05) is 52.0 Å². The molecule has 13 heteroatoms. The lowest BCUT2D eigenvalue weighted by Crippen LogP contribution is -2.64. The zero-order chi connectivity index (χ0) is 46.2. The molecule has 1 aliphatic carbocycles. The molecule has 3 aliphatic heterocycles. The molecule has 0 spiro atoms. The molecule has 0 radical (unpaired) electrons. The Balaban J connectivity index is 1.48. The van der Waals surface area contributed by atoms with E-state index in [9.17, 15) is 29.4 Å². The second kappa shape index (κ2) is 22.6. The van der Waals surface area contributed by atoms with Crippen molar-refractivity contribution in [1.29, 1.82) is 0 Å². The first-order valence-corrected chi connectivity index (χ1v) is 23.3. The highest BCUT2D eigenvalue weighted by atomic mass is 16.7. The van der Waals surface area contributed by atoms with Gasteiger partial charge in [-0.25, -0.2) is 4.79 Å². The Morgan fingerprint density at radius 1 is 0.873 bits per heavy atom. The number of esters is 1. The maximum absolute atomic E-state index is 14.5. The third kappa shape index (κ3) is 12.3. The molecule has 1 amide bonds. The Kier molecular flexibility index (Phi) is 18.2. The number of rotatable bonds is 8. The van der Waals surface area contributed by atoms with Crippen LogP contribution < -0.4 is 4.74 Å². The number of ketones is 2. The van der Waals surface area contributed by atoms with E-state index in [4.69, 9.17) is 28.4 Å². The summed E-state index contributed by atoms with van der Waals surface area (Å²) in [6, 6.07) is 6.81. The standard InChI is InChI=1S/C50H75NO12/c1-11-36-23-30(3)22-31(4)24-43(59-9)46-44(60-10)26-33(6)50(57,63-46)47(54)48(55)51-21-13-12-14-38(51)49(56)62-45(34(7)39(52)28-40(36)53)32(5)25-35-17-20-41(42(27-35)58-8)61-37-18-15-29(2)16-19-37/h15-16,18-19,23,25,31,33-36,38-39,41-46,52,57H,11-14,17,20-22,24,26-28H2,1-10H3/b30-23+,32-25?. The quantitative estimate of drug-likeness (QED) is 0.158. The third-order valence-electron chi connectivity index (χ3n) is 14.2.